The number of anilines is 1. The van der Waals surface area contributed by atoms with Gasteiger partial charge < -0.3 is 14.5 Å². The zero-order valence-corrected chi connectivity index (χ0v) is 12.5. The largest absolute Gasteiger partial charge is 0.465 e. The van der Waals surface area contributed by atoms with E-state index in [1.165, 1.54) is 33.0 Å². The number of esters is 1. The first-order chi connectivity index (χ1) is 9.72. The number of likely N-dealkylation sites (tertiary alicyclic amines) is 1. The second kappa shape index (κ2) is 7.29. The fourth-order valence-corrected chi connectivity index (χ4v) is 2.75. The van der Waals surface area contributed by atoms with Gasteiger partial charge in [0.2, 0.25) is 0 Å². The molecule has 0 spiro atoms. The molecule has 1 heterocycles. The van der Waals surface area contributed by atoms with Crippen LogP contribution in [0.2, 0.25) is 0 Å². The predicted molar refractivity (Wildman–Crippen MR) is 81.3 cm³/mol. The Morgan fingerprint density at radius 2 is 2.00 bits per heavy atom. The van der Waals surface area contributed by atoms with Crippen LogP contribution in [0, 0.1) is 0 Å². The van der Waals surface area contributed by atoms with Gasteiger partial charge in [-0.15, -0.1) is 0 Å². The molecule has 1 saturated heterocycles. The molecule has 0 atom stereocenters. The van der Waals surface area contributed by atoms with Gasteiger partial charge in [0.25, 0.3) is 0 Å². The number of hydrogen-bond acceptors (Lipinski definition) is 4. The fourth-order valence-electron chi connectivity index (χ4n) is 2.75. The van der Waals surface area contributed by atoms with Gasteiger partial charge in [0.15, 0.2) is 0 Å². The van der Waals surface area contributed by atoms with Crippen molar-refractivity contribution in [3.05, 3.63) is 29.8 Å². The molecule has 0 saturated carbocycles. The van der Waals surface area contributed by atoms with Gasteiger partial charge in [-0.2, -0.15) is 0 Å². The lowest BCUT2D eigenvalue weighted by Crippen LogP contribution is -2.27. The van der Waals surface area contributed by atoms with Crippen LogP contribution in [0.5, 0.6) is 0 Å². The van der Waals surface area contributed by atoms with E-state index in [1.54, 1.807) is 0 Å². The number of para-hydroxylation sites is 1. The summed E-state index contributed by atoms with van der Waals surface area (Å²) in [6, 6.07) is 7.62. The third-order valence-corrected chi connectivity index (χ3v) is 3.89. The summed E-state index contributed by atoms with van der Waals surface area (Å²) in [5.74, 6) is -0.271. The summed E-state index contributed by atoms with van der Waals surface area (Å²) in [6.07, 6.45) is 3.79. The van der Waals surface area contributed by atoms with Crippen molar-refractivity contribution in [2.45, 2.75) is 19.3 Å². The van der Waals surface area contributed by atoms with Gasteiger partial charge in [-0.25, -0.2) is 4.79 Å². The fraction of sp³-hybridized carbons (Fsp3) is 0.562. The quantitative estimate of drug-likeness (QED) is 0.747. The highest BCUT2D eigenvalue weighted by Gasteiger charge is 2.15. The maximum atomic E-state index is 11.8. The van der Waals surface area contributed by atoms with Gasteiger partial charge in [0.1, 0.15) is 0 Å². The van der Waals surface area contributed by atoms with Crippen LogP contribution in [0.25, 0.3) is 0 Å². The van der Waals surface area contributed by atoms with Crippen molar-refractivity contribution in [3.63, 3.8) is 0 Å². The first-order valence-corrected chi connectivity index (χ1v) is 7.33. The molecule has 2 rings (SSSR count). The van der Waals surface area contributed by atoms with Crippen molar-refractivity contribution in [2.75, 3.05) is 45.2 Å². The Kier molecular flexibility index (Phi) is 5.41. The van der Waals surface area contributed by atoms with Gasteiger partial charge in [0, 0.05) is 13.6 Å². The predicted octanol–water partition coefficient (Wildman–Crippen LogP) is 2.40. The maximum Gasteiger partial charge on any atom is 0.339 e. The SMILES string of the molecule is COC(=O)c1ccccc1N(C)CCCN1CCCC1. The van der Waals surface area contributed by atoms with E-state index in [2.05, 4.69) is 9.80 Å². The lowest BCUT2D eigenvalue weighted by molar-refractivity contribution is 0.0601. The zero-order chi connectivity index (χ0) is 14.4. The number of nitrogens with zero attached hydrogens (tertiary/aromatic N) is 2. The number of carbonyl (C=O) groups excluding carboxylic acids is 1. The minimum Gasteiger partial charge on any atom is -0.465 e. The summed E-state index contributed by atoms with van der Waals surface area (Å²) < 4.78 is 4.84. The van der Waals surface area contributed by atoms with E-state index < -0.39 is 0 Å². The smallest absolute Gasteiger partial charge is 0.339 e. The van der Waals surface area contributed by atoms with Crippen LogP contribution in [0.15, 0.2) is 24.3 Å². The van der Waals surface area contributed by atoms with Crippen LogP contribution in [-0.2, 0) is 4.74 Å². The summed E-state index contributed by atoms with van der Waals surface area (Å²) in [5.41, 5.74) is 1.58. The normalized spacial score (nSPS) is 15.3. The summed E-state index contributed by atoms with van der Waals surface area (Å²) in [5, 5.41) is 0. The molecule has 110 valence electrons. The molecule has 1 aliphatic heterocycles. The van der Waals surface area contributed by atoms with Crippen molar-refractivity contribution in [2.24, 2.45) is 0 Å². The molecule has 1 aromatic carbocycles. The minimum absolute atomic E-state index is 0.271. The second-order valence-corrected chi connectivity index (χ2v) is 5.33. The van der Waals surface area contributed by atoms with E-state index in [-0.39, 0.29) is 5.97 Å². The van der Waals surface area contributed by atoms with Crippen molar-refractivity contribution in [1.29, 1.82) is 0 Å². The van der Waals surface area contributed by atoms with E-state index in [0.717, 1.165) is 25.2 Å². The molecule has 20 heavy (non-hydrogen) atoms. The molecule has 0 bridgehead atoms. The van der Waals surface area contributed by atoms with E-state index in [0.29, 0.717) is 5.56 Å². The molecule has 0 aromatic heterocycles. The summed E-state index contributed by atoms with van der Waals surface area (Å²) in [6.45, 7) is 4.57. The number of ether oxygens (including phenoxy) is 1. The summed E-state index contributed by atoms with van der Waals surface area (Å²) in [4.78, 5) is 16.4. The van der Waals surface area contributed by atoms with Crippen molar-refractivity contribution >= 4 is 11.7 Å². The van der Waals surface area contributed by atoms with Gasteiger partial charge in [-0.1, -0.05) is 12.1 Å². The maximum absolute atomic E-state index is 11.8. The number of benzene rings is 1. The Labute approximate surface area is 121 Å². The summed E-state index contributed by atoms with van der Waals surface area (Å²) in [7, 11) is 3.46. The Bertz CT molecular complexity index is 442. The molecular weight excluding hydrogens is 252 g/mol. The average molecular weight is 276 g/mol. The highest BCUT2D eigenvalue weighted by atomic mass is 16.5. The molecule has 1 aromatic rings. The highest BCUT2D eigenvalue weighted by molar-refractivity contribution is 5.95. The molecule has 1 aliphatic rings. The molecule has 0 radical (unpaired) electrons. The van der Waals surface area contributed by atoms with E-state index in [9.17, 15) is 4.79 Å². The van der Waals surface area contributed by atoms with Gasteiger partial charge in [0.05, 0.1) is 18.4 Å². The Morgan fingerprint density at radius 3 is 2.70 bits per heavy atom. The van der Waals surface area contributed by atoms with Crippen molar-refractivity contribution in [3.8, 4) is 0 Å². The molecule has 0 amide bonds. The van der Waals surface area contributed by atoms with E-state index in [1.807, 2.05) is 31.3 Å². The van der Waals surface area contributed by atoms with Crippen LogP contribution in [0.1, 0.15) is 29.6 Å². The van der Waals surface area contributed by atoms with Crippen LogP contribution < -0.4 is 4.90 Å². The first kappa shape index (κ1) is 14.9. The molecule has 0 unspecified atom stereocenters. The molecular formula is C16H24N2O2. The Morgan fingerprint density at radius 1 is 1.30 bits per heavy atom. The van der Waals surface area contributed by atoms with Crippen molar-refractivity contribution < 1.29 is 9.53 Å². The number of carbonyl (C=O) groups is 1. The molecule has 0 aliphatic carbocycles. The topological polar surface area (TPSA) is 32.8 Å². The lowest BCUT2D eigenvalue weighted by Gasteiger charge is -2.23. The van der Waals surface area contributed by atoms with Gasteiger partial charge in [-0.05, 0) is 51.0 Å². The number of hydrogen-bond donors (Lipinski definition) is 0. The van der Waals surface area contributed by atoms with E-state index >= 15 is 0 Å². The summed E-state index contributed by atoms with van der Waals surface area (Å²) >= 11 is 0. The van der Waals surface area contributed by atoms with Crippen LogP contribution in [0.3, 0.4) is 0 Å². The third-order valence-electron chi connectivity index (χ3n) is 3.89. The minimum atomic E-state index is -0.271. The highest BCUT2D eigenvalue weighted by Crippen LogP contribution is 2.20. The standard InChI is InChI=1S/C16H24N2O2/c1-17(10-7-13-18-11-5-6-12-18)15-9-4-3-8-14(15)16(19)20-2/h3-4,8-9H,5-7,10-13H2,1-2H3. The lowest BCUT2D eigenvalue weighted by atomic mass is 10.1. The van der Waals surface area contributed by atoms with Gasteiger partial charge in [-0.3, -0.25) is 0 Å². The number of rotatable bonds is 6. The monoisotopic (exact) mass is 276 g/mol. The first-order valence-electron chi connectivity index (χ1n) is 7.33. The Balaban J connectivity index is 1.91. The molecule has 0 N–H and O–H groups in total. The molecule has 4 heteroatoms. The van der Waals surface area contributed by atoms with Crippen LogP contribution >= 0.6 is 0 Å². The van der Waals surface area contributed by atoms with Crippen LogP contribution in [-0.4, -0.2) is 51.2 Å². The zero-order valence-electron chi connectivity index (χ0n) is 12.5. The second-order valence-electron chi connectivity index (χ2n) is 5.33. The van der Waals surface area contributed by atoms with Gasteiger partial charge >= 0.3 is 5.97 Å². The van der Waals surface area contributed by atoms with Crippen LogP contribution in [0.4, 0.5) is 5.69 Å². The Hall–Kier alpha value is -1.55. The average Bonchev–Trinajstić information content (AvgIpc) is 2.99. The third kappa shape index (κ3) is 3.73. The van der Waals surface area contributed by atoms with Crippen molar-refractivity contribution in [1.82, 2.24) is 4.90 Å². The number of methoxy groups -OCH3 is 1. The molecule has 1 fully saturated rings. The molecule has 4 nitrogen and oxygen atoms in total. The van der Waals surface area contributed by atoms with E-state index in [4.69, 9.17) is 4.74 Å².